The third-order valence-corrected chi connectivity index (χ3v) is 2.66. The van der Waals surface area contributed by atoms with E-state index in [2.05, 4.69) is 0 Å². The Labute approximate surface area is 93.8 Å². The zero-order valence-corrected chi connectivity index (χ0v) is 8.83. The summed E-state index contributed by atoms with van der Waals surface area (Å²) in [4.78, 5) is 23.9. The van der Waals surface area contributed by atoms with Crippen LogP contribution < -0.4 is 4.74 Å². The standard InChI is InChI=1S/C12H13NO3/c14-9-13-8-4-7-11(13)12(15)16-10-5-2-1-3-6-10/h1-3,5-6,9,11H,4,7-8H2/t11-/m0/s1. The average Bonchev–Trinajstić information content (AvgIpc) is 2.78. The van der Waals surface area contributed by atoms with E-state index in [1.165, 1.54) is 4.90 Å². The molecule has 0 spiro atoms. The van der Waals surface area contributed by atoms with Crippen molar-refractivity contribution in [2.75, 3.05) is 6.54 Å². The van der Waals surface area contributed by atoms with E-state index >= 15 is 0 Å². The minimum Gasteiger partial charge on any atom is -0.425 e. The summed E-state index contributed by atoms with van der Waals surface area (Å²) >= 11 is 0. The molecule has 1 aromatic carbocycles. The van der Waals surface area contributed by atoms with Gasteiger partial charge >= 0.3 is 5.97 Å². The first-order chi connectivity index (χ1) is 7.81. The monoisotopic (exact) mass is 219 g/mol. The van der Waals surface area contributed by atoms with Crippen LogP contribution in [0.3, 0.4) is 0 Å². The first-order valence-electron chi connectivity index (χ1n) is 5.29. The molecule has 1 amide bonds. The SMILES string of the molecule is O=CN1CCC[C@H]1C(=O)Oc1ccccc1. The Kier molecular flexibility index (Phi) is 3.19. The molecule has 1 aliphatic heterocycles. The fourth-order valence-electron chi connectivity index (χ4n) is 1.84. The number of carbonyl (C=O) groups is 2. The molecule has 0 unspecified atom stereocenters. The topological polar surface area (TPSA) is 46.6 Å². The Hall–Kier alpha value is -1.84. The summed E-state index contributed by atoms with van der Waals surface area (Å²) in [5.41, 5.74) is 0. The van der Waals surface area contributed by atoms with Crippen LogP contribution in [0.25, 0.3) is 0 Å². The largest absolute Gasteiger partial charge is 0.425 e. The van der Waals surface area contributed by atoms with E-state index in [9.17, 15) is 9.59 Å². The fraction of sp³-hybridized carbons (Fsp3) is 0.333. The Morgan fingerprint density at radius 1 is 1.38 bits per heavy atom. The highest BCUT2D eigenvalue weighted by Gasteiger charge is 2.31. The maximum Gasteiger partial charge on any atom is 0.334 e. The molecular formula is C12H13NO3. The lowest BCUT2D eigenvalue weighted by Crippen LogP contribution is -2.37. The van der Waals surface area contributed by atoms with Crippen LogP contribution in [0.15, 0.2) is 30.3 Å². The predicted octanol–water partition coefficient (Wildman–Crippen LogP) is 1.21. The van der Waals surface area contributed by atoms with Crippen molar-refractivity contribution in [1.82, 2.24) is 4.90 Å². The highest BCUT2D eigenvalue weighted by Crippen LogP contribution is 2.18. The molecule has 1 heterocycles. The quantitative estimate of drug-likeness (QED) is 0.436. The Morgan fingerprint density at radius 2 is 2.12 bits per heavy atom. The summed E-state index contributed by atoms with van der Waals surface area (Å²) in [7, 11) is 0. The van der Waals surface area contributed by atoms with Gasteiger partial charge in [0.1, 0.15) is 11.8 Å². The zero-order chi connectivity index (χ0) is 11.4. The van der Waals surface area contributed by atoms with E-state index in [1.54, 1.807) is 24.3 Å². The lowest BCUT2D eigenvalue weighted by atomic mass is 10.2. The van der Waals surface area contributed by atoms with Gasteiger partial charge in [0.25, 0.3) is 0 Å². The Bertz CT molecular complexity index is 377. The molecule has 84 valence electrons. The summed E-state index contributed by atoms with van der Waals surface area (Å²) in [6, 6.07) is 8.47. The molecule has 1 aromatic rings. The van der Waals surface area contributed by atoms with Crippen molar-refractivity contribution in [3.63, 3.8) is 0 Å². The van der Waals surface area contributed by atoms with Crippen LogP contribution in [0.5, 0.6) is 5.75 Å². The second-order valence-corrected chi connectivity index (χ2v) is 3.74. The molecule has 0 N–H and O–H groups in total. The highest BCUT2D eigenvalue weighted by atomic mass is 16.5. The van der Waals surface area contributed by atoms with Gasteiger partial charge in [-0.1, -0.05) is 18.2 Å². The van der Waals surface area contributed by atoms with Crippen molar-refractivity contribution in [2.24, 2.45) is 0 Å². The number of amides is 1. The van der Waals surface area contributed by atoms with Crippen LogP contribution in [-0.4, -0.2) is 29.9 Å². The molecule has 0 bridgehead atoms. The van der Waals surface area contributed by atoms with Gasteiger partial charge in [-0.3, -0.25) is 4.79 Å². The lowest BCUT2D eigenvalue weighted by Gasteiger charge is -2.17. The molecular weight excluding hydrogens is 206 g/mol. The molecule has 0 aromatic heterocycles. The minimum absolute atomic E-state index is 0.351. The summed E-state index contributed by atoms with van der Waals surface area (Å²) in [5.74, 6) is 0.168. The second-order valence-electron chi connectivity index (χ2n) is 3.74. The molecule has 1 atom stereocenters. The third kappa shape index (κ3) is 2.21. The van der Waals surface area contributed by atoms with Crippen LogP contribution >= 0.6 is 0 Å². The van der Waals surface area contributed by atoms with Crippen LogP contribution in [0, 0.1) is 0 Å². The van der Waals surface area contributed by atoms with E-state index in [4.69, 9.17) is 4.74 Å². The predicted molar refractivity (Wildman–Crippen MR) is 57.9 cm³/mol. The van der Waals surface area contributed by atoms with Crippen molar-refractivity contribution in [1.29, 1.82) is 0 Å². The number of para-hydroxylation sites is 1. The molecule has 4 heteroatoms. The van der Waals surface area contributed by atoms with Gasteiger partial charge < -0.3 is 9.64 Å². The number of rotatable bonds is 3. The van der Waals surface area contributed by atoms with Crippen molar-refractivity contribution < 1.29 is 14.3 Å². The van der Waals surface area contributed by atoms with Gasteiger partial charge in [-0.05, 0) is 25.0 Å². The number of carbonyl (C=O) groups excluding carboxylic acids is 2. The number of benzene rings is 1. The molecule has 0 radical (unpaired) electrons. The molecule has 0 saturated carbocycles. The highest BCUT2D eigenvalue weighted by molar-refractivity contribution is 5.80. The molecule has 1 saturated heterocycles. The molecule has 16 heavy (non-hydrogen) atoms. The number of ether oxygens (including phenoxy) is 1. The van der Waals surface area contributed by atoms with Gasteiger partial charge in [-0.25, -0.2) is 4.79 Å². The lowest BCUT2D eigenvalue weighted by molar-refractivity contribution is -0.142. The number of esters is 1. The van der Waals surface area contributed by atoms with Gasteiger partial charge in [-0.2, -0.15) is 0 Å². The zero-order valence-electron chi connectivity index (χ0n) is 8.83. The van der Waals surface area contributed by atoms with Crippen LogP contribution in [0.4, 0.5) is 0 Å². The van der Waals surface area contributed by atoms with E-state index in [0.29, 0.717) is 25.1 Å². The molecule has 2 rings (SSSR count). The maximum atomic E-state index is 11.8. The van der Waals surface area contributed by atoms with Crippen molar-refractivity contribution in [3.05, 3.63) is 30.3 Å². The average molecular weight is 219 g/mol. The first kappa shape index (κ1) is 10.7. The minimum atomic E-state index is -0.419. The Balaban J connectivity index is 2.00. The molecule has 1 aliphatic rings. The van der Waals surface area contributed by atoms with Crippen molar-refractivity contribution in [3.8, 4) is 5.75 Å². The fourth-order valence-corrected chi connectivity index (χ4v) is 1.84. The number of likely N-dealkylation sites (tertiary alicyclic amines) is 1. The van der Waals surface area contributed by atoms with Crippen LogP contribution in [-0.2, 0) is 9.59 Å². The van der Waals surface area contributed by atoms with Gasteiger partial charge in [0.2, 0.25) is 6.41 Å². The van der Waals surface area contributed by atoms with Gasteiger partial charge in [0.05, 0.1) is 0 Å². The summed E-state index contributed by atoms with van der Waals surface area (Å²) in [6.07, 6.45) is 2.25. The second kappa shape index (κ2) is 4.79. The van der Waals surface area contributed by atoms with E-state index in [0.717, 1.165) is 6.42 Å². The van der Waals surface area contributed by atoms with Gasteiger partial charge in [0, 0.05) is 6.54 Å². The Morgan fingerprint density at radius 3 is 2.81 bits per heavy atom. The first-order valence-corrected chi connectivity index (χ1v) is 5.29. The van der Waals surface area contributed by atoms with Gasteiger partial charge in [-0.15, -0.1) is 0 Å². The number of nitrogens with zero attached hydrogens (tertiary/aromatic N) is 1. The summed E-state index contributed by atoms with van der Waals surface area (Å²) in [5, 5.41) is 0. The van der Waals surface area contributed by atoms with Crippen LogP contribution in [0.1, 0.15) is 12.8 Å². The van der Waals surface area contributed by atoms with Crippen molar-refractivity contribution >= 4 is 12.4 Å². The smallest absolute Gasteiger partial charge is 0.334 e. The molecule has 1 fully saturated rings. The normalized spacial score (nSPS) is 19.5. The van der Waals surface area contributed by atoms with E-state index in [-0.39, 0.29) is 5.97 Å². The third-order valence-electron chi connectivity index (χ3n) is 2.66. The van der Waals surface area contributed by atoms with E-state index < -0.39 is 6.04 Å². The molecule has 4 nitrogen and oxygen atoms in total. The maximum absolute atomic E-state index is 11.8. The number of hydrogen-bond donors (Lipinski definition) is 0. The van der Waals surface area contributed by atoms with Crippen molar-refractivity contribution in [2.45, 2.75) is 18.9 Å². The molecule has 0 aliphatic carbocycles. The van der Waals surface area contributed by atoms with Crippen LogP contribution in [0.2, 0.25) is 0 Å². The van der Waals surface area contributed by atoms with E-state index in [1.807, 2.05) is 6.07 Å². The van der Waals surface area contributed by atoms with Gasteiger partial charge in [0.15, 0.2) is 0 Å². The summed E-state index contributed by atoms with van der Waals surface area (Å²) < 4.78 is 5.19. The number of hydrogen-bond acceptors (Lipinski definition) is 3. The summed E-state index contributed by atoms with van der Waals surface area (Å²) in [6.45, 7) is 0.637.